The van der Waals surface area contributed by atoms with Gasteiger partial charge < -0.3 is 15.1 Å². The fraction of sp³-hybridized carbons (Fsp3) is 0.600. The molecule has 0 aliphatic rings. The van der Waals surface area contributed by atoms with Crippen LogP contribution in [-0.4, -0.2) is 40.4 Å². The summed E-state index contributed by atoms with van der Waals surface area (Å²) in [5, 5.41) is 12.9. The molecular weight excluding hydrogens is 256 g/mol. The summed E-state index contributed by atoms with van der Waals surface area (Å²) in [5.74, 6) is 0.123. The van der Waals surface area contributed by atoms with Gasteiger partial charge >= 0.3 is 0 Å². The van der Waals surface area contributed by atoms with Crippen LogP contribution in [0.25, 0.3) is 0 Å². The SMILES string of the molecule is Cc1nnc(SCC(=O)NCC(=O)NC(C)C)o1. The molecule has 0 aromatic carbocycles. The van der Waals surface area contributed by atoms with Crippen molar-refractivity contribution in [1.29, 1.82) is 0 Å². The second-order valence-corrected chi connectivity index (χ2v) is 4.80. The molecule has 0 radical (unpaired) electrons. The van der Waals surface area contributed by atoms with Crippen LogP contribution in [0, 0.1) is 6.92 Å². The molecule has 0 spiro atoms. The number of carbonyl (C=O) groups excluding carboxylic acids is 2. The van der Waals surface area contributed by atoms with Gasteiger partial charge in [-0.3, -0.25) is 9.59 Å². The topological polar surface area (TPSA) is 97.1 Å². The number of thioether (sulfide) groups is 1. The van der Waals surface area contributed by atoms with Crippen LogP contribution in [0.4, 0.5) is 0 Å². The zero-order valence-corrected chi connectivity index (χ0v) is 11.3. The summed E-state index contributed by atoms with van der Waals surface area (Å²) >= 11 is 1.13. The Kier molecular flexibility index (Phi) is 5.63. The normalized spacial score (nSPS) is 10.4. The first kappa shape index (κ1) is 14.5. The van der Waals surface area contributed by atoms with E-state index in [0.717, 1.165) is 11.8 Å². The minimum absolute atomic E-state index is 0.0273. The molecule has 0 saturated carbocycles. The van der Waals surface area contributed by atoms with Crippen LogP contribution < -0.4 is 10.6 Å². The van der Waals surface area contributed by atoms with Crippen LogP contribution in [0.2, 0.25) is 0 Å². The van der Waals surface area contributed by atoms with Gasteiger partial charge in [0.15, 0.2) is 0 Å². The first-order valence-electron chi connectivity index (χ1n) is 5.46. The summed E-state index contributed by atoms with van der Waals surface area (Å²) < 4.78 is 5.09. The number of hydrogen-bond acceptors (Lipinski definition) is 6. The Morgan fingerprint density at radius 3 is 2.61 bits per heavy atom. The molecule has 2 N–H and O–H groups in total. The Morgan fingerprint density at radius 1 is 1.33 bits per heavy atom. The van der Waals surface area contributed by atoms with Crippen LogP contribution in [-0.2, 0) is 9.59 Å². The number of carbonyl (C=O) groups is 2. The van der Waals surface area contributed by atoms with Gasteiger partial charge in [-0.2, -0.15) is 0 Å². The zero-order valence-electron chi connectivity index (χ0n) is 10.5. The first-order chi connectivity index (χ1) is 8.47. The molecular formula is C10H16N4O3S. The van der Waals surface area contributed by atoms with Crippen molar-refractivity contribution in [3.05, 3.63) is 5.89 Å². The van der Waals surface area contributed by atoms with E-state index < -0.39 is 0 Å². The number of nitrogens with one attached hydrogen (secondary N) is 2. The second-order valence-electron chi connectivity index (χ2n) is 3.87. The van der Waals surface area contributed by atoms with Gasteiger partial charge in [0.2, 0.25) is 17.7 Å². The Balaban J connectivity index is 2.20. The number of nitrogens with zero attached hydrogens (tertiary/aromatic N) is 2. The highest BCUT2D eigenvalue weighted by Crippen LogP contribution is 2.14. The fourth-order valence-corrected chi connectivity index (χ4v) is 1.70. The van der Waals surface area contributed by atoms with E-state index in [2.05, 4.69) is 20.8 Å². The third kappa shape index (κ3) is 5.67. The lowest BCUT2D eigenvalue weighted by Gasteiger charge is -2.08. The van der Waals surface area contributed by atoms with Crippen molar-refractivity contribution in [3.8, 4) is 0 Å². The molecule has 0 fully saturated rings. The van der Waals surface area contributed by atoms with Crippen molar-refractivity contribution >= 4 is 23.6 Å². The van der Waals surface area contributed by atoms with Crippen LogP contribution >= 0.6 is 11.8 Å². The van der Waals surface area contributed by atoms with Gasteiger partial charge in [-0.15, -0.1) is 10.2 Å². The standard InChI is InChI=1S/C10H16N4O3S/c1-6(2)12-8(15)4-11-9(16)5-18-10-14-13-7(3)17-10/h6H,4-5H2,1-3H3,(H,11,16)(H,12,15). The number of hydrogen-bond donors (Lipinski definition) is 2. The van der Waals surface area contributed by atoms with E-state index in [4.69, 9.17) is 4.42 Å². The van der Waals surface area contributed by atoms with Crippen LogP contribution in [0.5, 0.6) is 0 Å². The van der Waals surface area contributed by atoms with Gasteiger partial charge in [0.25, 0.3) is 5.22 Å². The first-order valence-corrected chi connectivity index (χ1v) is 6.45. The maximum Gasteiger partial charge on any atom is 0.277 e. The summed E-state index contributed by atoms with van der Waals surface area (Å²) in [6, 6.07) is 0.0603. The van der Waals surface area contributed by atoms with E-state index in [9.17, 15) is 9.59 Å². The Labute approximate surface area is 109 Å². The van der Waals surface area contributed by atoms with Gasteiger partial charge in [-0.25, -0.2) is 0 Å². The van der Waals surface area contributed by atoms with Crippen LogP contribution in [0.3, 0.4) is 0 Å². The molecule has 0 bridgehead atoms. The summed E-state index contributed by atoms with van der Waals surface area (Å²) in [4.78, 5) is 22.7. The molecule has 1 rings (SSSR count). The number of rotatable bonds is 6. The average molecular weight is 272 g/mol. The summed E-state index contributed by atoms with van der Waals surface area (Å²) in [5.41, 5.74) is 0. The van der Waals surface area contributed by atoms with Crippen molar-refractivity contribution in [2.75, 3.05) is 12.3 Å². The fourth-order valence-electron chi connectivity index (χ4n) is 1.07. The number of amides is 2. The van der Waals surface area contributed by atoms with E-state index >= 15 is 0 Å². The summed E-state index contributed by atoms with van der Waals surface area (Å²) in [6.45, 7) is 5.36. The van der Waals surface area contributed by atoms with Gasteiger partial charge in [0.05, 0.1) is 12.3 Å². The highest BCUT2D eigenvalue weighted by molar-refractivity contribution is 7.99. The largest absolute Gasteiger partial charge is 0.416 e. The van der Waals surface area contributed by atoms with Crippen molar-refractivity contribution in [2.45, 2.75) is 32.0 Å². The molecule has 0 atom stereocenters. The molecule has 1 aromatic rings. The molecule has 0 saturated heterocycles. The molecule has 8 heteroatoms. The van der Waals surface area contributed by atoms with Gasteiger partial charge in [-0.05, 0) is 13.8 Å². The zero-order chi connectivity index (χ0) is 13.5. The Hall–Kier alpha value is -1.57. The van der Waals surface area contributed by atoms with Gasteiger partial charge in [0, 0.05) is 13.0 Å². The molecule has 1 heterocycles. The molecule has 0 aliphatic heterocycles. The summed E-state index contributed by atoms with van der Waals surface area (Å²) in [6.07, 6.45) is 0. The van der Waals surface area contributed by atoms with E-state index in [1.165, 1.54) is 0 Å². The van der Waals surface area contributed by atoms with E-state index in [-0.39, 0.29) is 30.2 Å². The van der Waals surface area contributed by atoms with E-state index in [1.807, 2.05) is 13.8 Å². The number of aryl methyl sites for hydroxylation is 1. The molecule has 7 nitrogen and oxygen atoms in total. The minimum Gasteiger partial charge on any atom is -0.416 e. The lowest BCUT2D eigenvalue weighted by atomic mass is 10.4. The number of aromatic nitrogens is 2. The lowest BCUT2D eigenvalue weighted by Crippen LogP contribution is -2.40. The molecule has 0 unspecified atom stereocenters. The van der Waals surface area contributed by atoms with E-state index in [1.54, 1.807) is 6.92 Å². The smallest absolute Gasteiger partial charge is 0.277 e. The predicted octanol–water partition coefficient (Wildman–Crippen LogP) is 0.111. The molecule has 100 valence electrons. The highest BCUT2D eigenvalue weighted by Gasteiger charge is 2.09. The van der Waals surface area contributed by atoms with Gasteiger partial charge in [-0.1, -0.05) is 11.8 Å². The van der Waals surface area contributed by atoms with Crippen molar-refractivity contribution < 1.29 is 14.0 Å². The Bertz CT molecular complexity index is 419. The van der Waals surface area contributed by atoms with Gasteiger partial charge in [0.1, 0.15) is 0 Å². The maximum absolute atomic E-state index is 11.4. The van der Waals surface area contributed by atoms with Crippen LogP contribution in [0.1, 0.15) is 19.7 Å². The second kappa shape index (κ2) is 7.00. The third-order valence-electron chi connectivity index (χ3n) is 1.73. The van der Waals surface area contributed by atoms with E-state index in [0.29, 0.717) is 11.1 Å². The Morgan fingerprint density at radius 2 is 2.06 bits per heavy atom. The summed E-state index contributed by atoms with van der Waals surface area (Å²) in [7, 11) is 0. The molecule has 0 aliphatic carbocycles. The average Bonchev–Trinajstić information content (AvgIpc) is 2.69. The lowest BCUT2D eigenvalue weighted by molar-refractivity contribution is -0.125. The molecule has 18 heavy (non-hydrogen) atoms. The third-order valence-corrected chi connectivity index (χ3v) is 2.55. The maximum atomic E-state index is 11.4. The predicted molar refractivity (Wildman–Crippen MR) is 66.0 cm³/mol. The minimum atomic E-state index is -0.255. The van der Waals surface area contributed by atoms with Crippen LogP contribution in [0.15, 0.2) is 9.64 Å². The quantitative estimate of drug-likeness (QED) is 0.713. The molecule has 2 amide bonds. The van der Waals surface area contributed by atoms with Crippen molar-refractivity contribution in [3.63, 3.8) is 0 Å². The molecule has 1 aromatic heterocycles. The highest BCUT2D eigenvalue weighted by atomic mass is 32.2. The monoisotopic (exact) mass is 272 g/mol. The van der Waals surface area contributed by atoms with Crippen molar-refractivity contribution in [1.82, 2.24) is 20.8 Å². The van der Waals surface area contributed by atoms with Crippen molar-refractivity contribution in [2.24, 2.45) is 0 Å².